The molecule has 0 bridgehead atoms. The molecule has 1 atom stereocenters. The highest BCUT2D eigenvalue weighted by atomic mass is 19.1. The van der Waals surface area contributed by atoms with E-state index < -0.39 is 6.10 Å². The molecule has 1 aromatic rings. The zero-order valence-corrected chi connectivity index (χ0v) is 9.26. The first-order valence-corrected chi connectivity index (χ1v) is 5.10. The molecule has 0 saturated heterocycles. The molecule has 15 heavy (non-hydrogen) atoms. The van der Waals surface area contributed by atoms with Crippen LogP contribution >= 0.6 is 0 Å². The zero-order valence-electron chi connectivity index (χ0n) is 9.26. The van der Waals surface area contributed by atoms with Crippen LogP contribution in [-0.2, 0) is 0 Å². The molecule has 0 aliphatic heterocycles. The second kappa shape index (κ2) is 5.08. The number of aryl methyl sites for hydroxylation is 1. The van der Waals surface area contributed by atoms with Crippen molar-refractivity contribution >= 4 is 0 Å². The fraction of sp³-hybridized carbons (Fsp3) is 0.385. The predicted molar refractivity (Wildman–Crippen MR) is 60.1 cm³/mol. The van der Waals surface area contributed by atoms with E-state index in [0.29, 0.717) is 24.0 Å². The Morgan fingerprint density at radius 2 is 2.20 bits per heavy atom. The van der Waals surface area contributed by atoms with Gasteiger partial charge in [0.2, 0.25) is 0 Å². The summed E-state index contributed by atoms with van der Waals surface area (Å²) in [7, 11) is 0. The molecule has 0 radical (unpaired) electrons. The van der Waals surface area contributed by atoms with E-state index in [0.717, 1.165) is 5.57 Å². The molecule has 1 aromatic carbocycles. The third kappa shape index (κ3) is 3.17. The van der Waals surface area contributed by atoms with Gasteiger partial charge in [0, 0.05) is 5.56 Å². The minimum atomic E-state index is -0.735. The lowest BCUT2D eigenvalue weighted by molar-refractivity contribution is 0.163. The van der Waals surface area contributed by atoms with Crippen molar-refractivity contribution in [3.05, 3.63) is 47.3 Å². The van der Waals surface area contributed by atoms with E-state index in [9.17, 15) is 9.50 Å². The highest BCUT2D eigenvalue weighted by Crippen LogP contribution is 2.24. The highest BCUT2D eigenvalue weighted by molar-refractivity contribution is 5.26. The van der Waals surface area contributed by atoms with Gasteiger partial charge in [-0.3, -0.25) is 0 Å². The van der Waals surface area contributed by atoms with Gasteiger partial charge >= 0.3 is 0 Å². The van der Waals surface area contributed by atoms with Crippen LogP contribution in [0.3, 0.4) is 0 Å². The van der Waals surface area contributed by atoms with Crippen LogP contribution < -0.4 is 0 Å². The normalized spacial score (nSPS) is 12.5. The Kier molecular flexibility index (Phi) is 4.04. The first-order valence-electron chi connectivity index (χ1n) is 5.10. The van der Waals surface area contributed by atoms with Gasteiger partial charge in [0.1, 0.15) is 5.82 Å². The number of hydrogen-bond donors (Lipinski definition) is 1. The van der Waals surface area contributed by atoms with Crippen LogP contribution in [0.4, 0.5) is 4.39 Å². The van der Waals surface area contributed by atoms with Crippen molar-refractivity contribution < 1.29 is 9.50 Å². The van der Waals surface area contributed by atoms with E-state index in [1.165, 1.54) is 0 Å². The predicted octanol–water partition coefficient (Wildman–Crippen LogP) is 3.52. The van der Waals surface area contributed by atoms with Crippen LogP contribution in [0.5, 0.6) is 0 Å². The lowest BCUT2D eigenvalue weighted by atomic mass is 10.0. The molecule has 0 amide bonds. The Morgan fingerprint density at radius 3 is 2.80 bits per heavy atom. The largest absolute Gasteiger partial charge is 0.388 e. The third-order valence-corrected chi connectivity index (χ3v) is 2.43. The van der Waals surface area contributed by atoms with Gasteiger partial charge < -0.3 is 5.11 Å². The summed E-state index contributed by atoms with van der Waals surface area (Å²) < 4.78 is 13.6. The van der Waals surface area contributed by atoms with E-state index in [1.807, 2.05) is 6.92 Å². The Bertz CT molecular complexity index is 358. The molecule has 0 fully saturated rings. The van der Waals surface area contributed by atoms with Crippen LogP contribution in [0.25, 0.3) is 0 Å². The van der Waals surface area contributed by atoms with Gasteiger partial charge in [0.25, 0.3) is 0 Å². The van der Waals surface area contributed by atoms with Crippen molar-refractivity contribution in [3.8, 4) is 0 Å². The van der Waals surface area contributed by atoms with E-state index in [-0.39, 0.29) is 5.82 Å². The Hall–Kier alpha value is -1.15. The lowest BCUT2D eigenvalue weighted by Gasteiger charge is -2.12. The average molecular weight is 208 g/mol. The van der Waals surface area contributed by atoms with Crippen LogP contribution in [-0.4, -0.2) is 5.11 Å². The van der Waals surface area contributed by atoms with Crippen molar-refractivity contribution in [3.63, 3.8) is 0 Å². The summed E-state index contributed by atoms with van der Waals surface area (Å²) in [6.07, 6.45) is 0.506. The van der Waals surface area contributed by atoms with E-state index in [4.69, 9.17) is 0 Å². The first-order chi connectivity index (χ1) is 7.02. The monoisotopic (exact) mass is 208 g/mol. The Morgan fingerprint density at radius 1 is 1.53 bits per heavy atom. The van der Waals surface area contributed by atoms with Crippen LogP contribution in [0, 0.1) is 12.7 Å². The second-order valence-electron chi connectivity index (χ2n) is 3.99. The fourth-order valence-corrected chi connectivity index (χ4v) is 1.47. The Labute approximate surface area is 90.3 Å². The highest BCUT2D eigenvalue weighted by Gasteiger charge is 2.13. The summed E-state index contributed by atoms with van der Waals surface area (Å²) >= 11 is 0. The molecule has 0 spiro atoms. The molecule has 0 saturated carbocycles. The molecule has 1 unspecified atom stereocenters. The Balaban J connectivity index is 2.77. The summed E-state index contributed by atoms with van der Waals surface area (Å²) in [6, 6.07) is 5.09. The van der Waals surface area contributed by atoms with Gasteiger partial charge in [0.05, 0.1) is 6.10 Å². The molecule has 0 heterocycles. The molecule has 82 valence electrons. The molecule has 1 nitrogen and oxygen atoms in total. The summed E-state index contributed by atoms with van der Waals surface area (Å²) in [5.74, 6) is -0.299. The van der Waals surface area contributed by atoms with Gasteiger partial charge in [-0.15, -0.1) is 6.58 Å². The minimum absolute atomic E-state index is 0.299. The van der Waals surface area contributed by atoms with Crippen molar-refractivity contribution in [2.75, 3.05) is 0 Å². The SMILES string of the molecule is C=C(C)CCC(O)c1cccc(C)c1F. The molecule has 0 aliphatic rings. The molecule has 1 N–H and O–H groups in total. The van der Waals surface area contributed by atoms with Crippen molar-refractivity contribution in [2.45, 2.75) is 32.8 Å². The fourth-order valence-electron chi connectivity index (χ4n) is 1.47. The maximum Gasteiger partial charge on any atom is 0.131 e. The van der Waals surface area contributed by atoms with E-state index in [1.54, 1.807) is 25.1 Å². The maximum absolute atomic E-state index is 13.6. The summed E-state index contributed by atoms with van der Waals surface area (Å²) in [4.78, 5) is 0. The smallest absolute Gasteiger partial charge is 0.131 e. The van der Waals surface area contributed by atoms with Crippen molar-refractivity contribution in [2.24, 2.45) is 0 Å². The van der Waals surface area contributed by atoms with Crippen molar-refractivity contribution in [1.82, 2.24) is 0 Å². The first kappa shape index (κ1) is 11.9. The summed E-state index contributed by atoms with van der Waals surface area (Å²) in [5, 5.41) is 9.79. The molecule has 2 heteroatoms. The molecular formula is C13H17FO. The lowest BCUT2D eigenvalue weighted by Crippen LogP contribution is -2.02. The van der Waals surface area contributed by atoms with Gasteiger partial charge in [-0.05, 0) is 32.3 Å². The zero-order chi connectivity index (χ0) is 11.4. The number of aliphatic hydroxyl groups excluding tert-OH is 1. The third-order valence-electron chi connectivity index (χ3n) is 2.43. The topological polar surface area (TPSA) is 20.2 Å². The molecule has 1 rings (SSSR count). The quantitative estimate of drug-likeness (QED) is 0.750. The summed E-state index contributed by atoms with van der Waals surface area (Å²) in [6.45, 7) is 7.36. The summed E-state index contributed by atoms with van der Waals surface area (Å²) in [5.41, 5.74) is 1.96. The number of rotatable bonds is 4. The van der Waals surface area contributed by atoms with Crippen LogP contribution in [0.15, 0.2) is 30.4 Å². The number of hydrogen-bond acceptors (Lipinski definition) is 1. The van der Waals surface area contributed by atoms with Crippen molar-refractivity contribution in [1.29, 1.82) is 0 Å². The molecule has 0 aliphatic carbocycles. The second-order valence-corrected chi connectivity index (χ2v) is 3.99. The molecular weight excluding hydrogens is 191 g/mol. The van der Waals surface area contributed by atoms with E-state index in [2.05, 4.69) is 6.58 Å². The van der Waals surface area contributed by atoms with Gasteiger partial charge in [-0.25, -0.2) is 4.39 Å². The minimum Gasteiger partial charge on any atom is -0.388 e. The van der Waals surface area contributed by atoms with Gasteiger partial charge in [-0.2, -0.15) is 0 Å². The number of aliphatic hydroxyl groups is 1. The maximum atomic E-state index is 13.6. The number of allylic oxidation sites excluding steroid dienone is 1. The van der Waals surface area contributed by atoms with Crippen LogP contribution in [0.1, 0.15) is 37.0 Å². The van der Waals surface area contributed by atoms with Gasteiger partial charge in [-0.1, -0.05) is 23.8 Å². The average Bonchev–Trinajstić information content (AvgIpc) is 2.18. The standard InChI is InChI=1S/C13H17FO/c1-9(2)7-8-12(15)11-6-4-5-10(3)13(11)14/h4-6,12,15H,1,7-8H2,2-3H3. The van der Waals surface area contributed by atoms with Crippen LogP contribution in [0.2, 0.25) is 0 Å². The van der Waals surface area contributed by atoms with E-state index >= 15 is 0 Å². The number of benzene rings is 1. The van der Waals surface area contributed by atoms with Gasteiger partial charge in [0.15, 0.2) is 0 Å². The number of halogens is 1. The molecule has 0 aromatic heterocycles.